The van der Waals surface area contributed by atoms with Crippen molar-refractivity contribution in [3.63, 3.8) is 0 Å². The third kappa shape index (κ3) is 4.82. The molecule has 0 fully saturated rings. The highest BCUT2D eigenvalue weighted by molar-refractivity contribution is 7.78. The van der Waals surface area contributed by atoms with Crippen LogP contribution in [0, 0.1) is 5.41 Å². The zero-order valence-corrected chi connectivity index (χ0v) is 10.4. The quantitative estimate of drug-likeness (QED) is 0.393. The van der Waals surface area contributed by atoms with Gasteiger partial charge in [0.25, 0.3) is 0 Å². The van der Waals surface area contributed by atoms with E-state index in [0.29, 0.717) is 0 Å². The molecule has 0 amide bonds. The van der Waals surface area contributed by atoms with Crippen molar-refractivity contribution in [1.82, 2.24) is 0 Å². The predicted molar refractivity (Wildman–Crippen MR) is 66.6 cm³/mol. The minimum absolute atomic E-state index is 0.115. The number of rotatable bonds is 3. The van der Waals surface area contributed by atoms with Crippen LogP contribution in [0.3, 0.4) is 0 Å². The monoisotopic (exact) mass is 225 g/mol. The molecule has 0 unspecified atom stereocenters. The van der Waals surface area contributed by atoms with Crippen molar-refractivity contribution in [3.8, 4) is 0 Å². The Morgan fingerprint density at radius 3 is 2.33 bits per heavy atom. The van der Waals surface area contributed by atoms with Crippen molar-refractivity contribution >= 4 is 17.4 Å². The van der Waals surface area contributed by atoms with E-state index in [1.165, 1.54) is 6.08 Å². The molecule has 0 heterocycles. The average Bonchev–Trinajstić information content (AvgIpc) is 2.14. The summed E-state index contributed by atoms with van der Waals surface area (Å²) < 4.78 is 13.3. The summed E-state index contributed by atoms with van der Waals surface area (Å²) in [4.78, 5) is 3.67. The van der Waals surface area contributed by atoms with Crippen molar-refractivity contribution in [2.24, 2.45) is 10.4 Å². The summed E-state index contributed by atoms with van der Waals surface area (Å²) in [5.41, 5.74) is 0.854. The van der Waals surface area contributed by atoms with Crippen LogP contribution in [0.4, 0.5) is 4.39 Å². The largest absolute Gasteiger partial charge is 0.205 e. The van der Waals surface area contributed by atoms with Crippen LogP contribution in [0.25, 0.3) is 0 Å². The number of hydrogen-bond donors (Lipinski definition) is 0. The summed E-state index contributed by atoms with van der Waals surface area (Å²) in [5.74, 6) is -0.419. The van der Waals surface area contributed by atoms with Crippen molar-refractivity contribution in [3.05, 3.63) is 35.8 Å². The fourth-order valence-electron chi connectivity index (χ4n) is 0.733. The molecular weight excluding hydrogens is 209 g/mol. The second-order valence-corrected chi connectivity index (χ2v) is 4.33. The molecule has 0 saturated carbocycles. The van der Waals surface area contributed by atoms with Crippen LogP contribution >= 0.6 is 12.2 Å². The fraction of sp³-hybridized carbons (Fsp3) is 0.417. The maximum absolute atomic E-state index is 13.3. The Morgan fingerprint density at radius 2 is 2.00 bits per heavy atom. The molecule has 0 radical (unpaired) electrons. The molecule has 0 aromatic rings. The number of nitrogens with zero attached hydrogens (tertiary/aromatic N) is 1. The Hall–Kier alpha value is -1.05. The van der Waals surface area contributed by atoms with E-state index in [4.69, 9.17) is 0 Å². The highest BCUT2D eigenvalue weighted by Gasteiger charge is 2.14. The standard InChI is InChI=1S/C12H16FNS/c1-6-10(13)11(14-8-15)7-9(2)12(3,4)5/h6-7H,2H2,1,3-5H3/b10-6+,11-7+. The first kappa shape index (κ1) is 13.9. The molecule has 0 aliphatic heterocycles. The lowest BCUT2D eigenvalue weighted by Crippen LogP contribution is -2.06. The number of hydrogen-bond acceptors (Lipinski definition) is 2. The number of halogens is 1. The summed E-state index contributed by atoms with van der Waals surface area (Å²) >= 11 is 4.46. The zero-order chi connectivity index (χ0) is 12.1. The topological polar surface area (TPSA) is 12.4 Å². The summed E-state index contributed by atoms with van der Waals surface area (Å²) in [7, 11) is 0. The van der Waals surface area contributed by atoms with E-state index in [1.54, 1.807) is 13.0 Å². The number of allylic oxidation sites excluding steroid dienone is 4. The van der Waals surface area contributed by atoms with Crippen LogP contribution < -0.4 is 0 Å². The smallest absolute Gasteiger partial charge is 0.145 e. The van der Waals surface area contributed by atoms with Crippen LogP contribution in [-0.4, -0.2) is 5.16 Å². The number of aliphatic imine (C=N–C) groups is 1. The molecule has 0 aromatic carbocycles. The molecule has 0 atom stereocenters. The van der Waals surface area contributed by atoms with Gasteiger partial charge in [-0.3, -0.25) is 0 Å². The Morgan fingerprint density at radius 1 is 1.47 bits per heavy atom. The summed E-state index contributed by atoms with van der Waals surface area (Å²) in [5, 5.41) is 2.16. The molecule has 0 aliphatic carbocycles. The van der Waals surface area contributed by atoms with E-state index in [-0.39, 0.29) is 11.1 Å². The Bertz CT molecular complexity index is 352. The normalized spacial score (nSPS) is 13.4. The lowest BCUT2D eigenvalue weighted by Gasteiger charge is -2.19. The second kappa shape index (κ2) is 5.74. The highest BCUT2D eigenvalue weighted by atomic mass is 32.1. The van der Waals surface area contributed by atoms with Gasteiger partial charge < -0.3 is 0 Å². The molecule has 0 bridgehead atoms. The minimum Gasteiger partial charge on any atom is -0.205 e. The van der Waals surface area contributed by atoms with Gasteiger partial charge in [-0.15, -0.1) is 0 Å². The molecule has 1 nitrogen and oxygen atoms in total. The van der Waals surface area contributed by atoms with Gasteiger partial charge in [0, 0.05) is 0 Å². The highest BCUT2D eigenvalue weighted by Crippen LogP contribution is 2.27. The number of isothiocyanates is 1. The molecule has 3 heteroatoms. The molecule has 0 spiro atoms. The SMILES string of the molecule is C=C(/C=C(N=C=S)\C(F)=C/C)C(C)(C)C. The van der Waals surface area contributed by atoms with Crippen molar-refractivity contribution in [2.75, 3.05) is 0 Å². The maximum Gasteiger partial charge on any atom is 0.145 e. The van der Waals surface area contributed by atoms with E-state index in [0.717, 1.165) is 5.57 Å². The minimum atomic E-state index is -0.419. The van der Waals surface area contributed by atoms with E-state index in [9.17, 15) is 4.39 Å². The molecule has 0 rings (SSSR count). The lowest BCUT2D eigenvalue weighted by molar-refractivity contribution is 0.517. The lowest BCUT2D eigenvalue weighted by atomic mass is 9.87. The van der Waals surface area contributed by atoms with Crippen LogP contribution in [0.2, 0.25) is 0 Å². The van der Waals surface area contributed by atoms with Gasteiger partial charge in [0.1, 0.15) is 11.5 Å². The Labute approximate surface area is 96.1 Å². The molecule has 0 aliphatic rings. The van der Waals surface area contributed by atoms with Gasteiger partial charge in [-0.2, -0.15) is 4.99 Å². The zero-order valence-electron chi connectivity index (χ0n) is 9.60. The van der Waals surface area contributed by atoms with Crippen molar-refractivity contribution < 1.29 is 4.39 Å². The second-order valence-electron chi connectivity index (χ2n) is 4.14. The van der Waals surface area contributed by atoms with Crippen molar-refractivity contribution in [2.45, 2.75) is 27.7 Å². The maximum atomic E-state index is 13.3. The van der Waals surface area contributed by atoms with Crippen LogP contribution in [0.15, 0.2) is 40.8 Å². The molecule has 0 N–H and O–H groups in total. The van der Waals surface area contributed by atoms with Crippen LogP contribution in [0.1, 0.15) is 27.7 Å². The van der Waals surface area contributed by atoms with Gasteiger partial charge in [-0.05, 0) is 42.3 Å². The third-order valence-corrected chi connectivity index (χ3v) is 2.03. The van der Waals surface area contributed by atoms with Gasteiger partial charge in [-0.25, -0.2) is 4.39 Å². The van der Waals surface area contributed by atoms with E-state index < -0.39 is 5.83 Å². The number of thiocarbonyl (C=S) groups is 1. The summed E-state index contributed by atoms with van der Waals surface area (Å²) in [6.45, 7) is 11.5. The van der Waals surface area contributed by atoms with Gasteiger partial charge in [0.05, 0.1) is 5.16 Å². The average molecular weight is 225 g/mol. The molecular formula is C12H16FNS. The Balaban J connectivity index is 5.20. The molecule has 0 saturated heterocycles. The van der Waals surface area contributed by atoms with Gasteiger partial charge >= 0.3 is 0 Å². The van der Waals surface area contributed by atoms with E-state index in [1.807, 2.05) is 20.8 Å². The van der Waals surface area contributed by atoms with Crippen LogP contribution in [-0.2, 0) is 0 Å². The molecule has 0 aromatic heterocycles. The fourth-order valence-corrected chi connectivity index (χ4v) is 0.832. The molecule has 15 heavy (non-hydrogen) atoms. The Kier molecular flexibility index (Phi) is 5.34. The third-order valence-electron chi connectivity index (χ3n) is 1.94. The van der Waals surface area contributed by atoms with Gasteiger partial charge in [0.2, 0.25) is 0 Å². The van der Waals surface area contributed by atoms with Crippen molar-refractivity contribution in [1.29, 1.82) is 0 Å². The molecule has 82 valence electrons. The van der Waals surface area contributed by atoms with Gasteiger partial charge in [0.15, 0.2) is 0 Å². The first-order valence-corrected chi connectivity index (χ1v) is 5.05. The van der Waals surface area contributed by atoms with E-state index >= 15 is 0 Å². The van der Waals surface area contributed by atoms with E-state index in [2.05, 4.69) is 29.0 Å². The first-order chi connectivity index (χ1) is 6.82. The first-order valence-electron chi connectivity index (χ1n) is 4.64. The van der Waals surface area contributed by atoms with Crippen LogP contribution in [0.5, 0.6) is 0 Å². The van der Waals surface area contributed by atoms with Gasteiger partial charge in [-0.1, -0.05) is 27.4 Å². The predicted octanol–water partition coefficient (Wildman–Crippen LogP) is 4.45. The summed E-state index contributed by atoms with van der Waals surface area (Å²) in [6, 6.07) is 0. The summed E-state index contributed by atoms with van der Waals surface area (Å²) in [6.07, 6.45) is 2.92.